The lowest BCUT2D eigenvalue weighted by Gasteiger charge is -2.15. The van der Waals surface area contributed by atoms with Crippen LogP contribution in [0.3, 0.4) is 0 Å². The Morgan fingerprint density at radius 1 is 1.17 bits per heavy atom. The van der Waals surface area contributed by atoms with Crippen molar-refractivity contribution in [2.24, 2.45) is 0 Å². The molecule has 2 aromatic rings. The number of carbonyl (C=O) groups is 1. The highest BCUT2D eigenvalue weighted by atomic mass is 32.2. The Bertz CT molecular complexity index is 690. The van der Waals surface area contributed by atoms with Gasteiger partial charge in [0, 0.05) is 10.6 Å². The highest BCUT2D eigenvalue weighted by Crippen LogP contribution is 2.27. The van der Waals surface area contributed by atoms with Gasteiger partial charge in [-0.15, -0.1) is 11.8 Å². The summed E-state index contributed by atoms with van der Waals surface area (Å²) in [7, 11) is 0. The highest BCUT2D eigenvalue weighted by Gasteiger charge is 2.11. The van der Waals surface area contributed by atoms with Crippen molar-refractivity contribution in [3.8, 4) is 0 Å². The van der Waals surface area contributed by atoms with Crippen molar-refractivity contribution in [1.82, 2.24) is 0 Å². The van der Waals surface area contributed by atoms with Gasteiger partial charge in [0.2, 0.25) is 5.91 Å². The van der Waals surface area contributed by atoms with Gasteiger partial charge < -0.3 is 5.32 Å². The van der Waals surface area contributed by atoms with E-state index in [0.717, 1.165) is 29.8 Å². The number of benzene rings is 2. The fourth-order valence-electron chi connectivity index (χ4n) is 2.16. The summed E-state index contributed by atoms with van der Waals surface area (Å²) >= 11 is 1.17. The zero-order valence-corrected chi connectivity index (χ0v) is 13.9. The zero-order chi connectivity index (χ0) is 16.8. The second kappa shape index (κ2) is 8.11. The van der Waals surface area contributed by atoms with Gasteiger partial charge >= 0.3 is 0 Å². The van der Waals surface area contributed by atoms with E-state index in [1.54, 1.807) is 0 Å². The van der Waals surface area contributed by atoms with Crippen LogP contribution in [0.4, 0.5) is 14.5 Å². The molecule has 0 aromatic heterocycles. The molecule has 0 unspecified atom stereocenters. The van der Waals surface area contributed by atoms with Gasteiger partial charge in [-0.3, -0.25) is 4.79 Å². The third-order valence-electron chi connectivity index (χ3n) is 3.64. The van der Waals surface area contributed by atoms with E-state index in [2.05, 4.69) is 19.2 Å². The Kier molecular flexibility index (Phi) is 6.16. The van der Waals surface area contributed by atoms with Crippen molar-refractivity contribution in [2.45, 2.75) is 31.1 Å². The van der Waals surface area contributed by atoms with Gasteiger partial charge in [-0.1, -0.05) is 32.0 Å². The van der Waals surface area contributed by atoms with Crippen LogP contribution in [0.5, 0.6) is 0 Å². The summed E-state index contributed by atoms with van der Waals surface area (Å²) in [5, 5.41) is 2.89. The van der Waals surface area contributed by atoms with Crippen LogP contribution in [0.1, 0.15) is 31.7 Å². The van der Waals surface area contributed by atoms with Crippen molar-refractivity contribution in [3.63, 3.8) is 0 Å². The molecule has 0 aliphatic rings. The number of rotatable bonds is 6. The number of hydrogen-bond acceptors (Lipinski definition) is 2. The van der Waals surface area contributed by atoms with Gasteiger partial charge in [0.25, 0.3) is 0 Å². The lowest BCUT2D eigenvalue weighted by atomic mass is 9.97. The van der Waals surface area contributed by atoms with E-state index in [4.69, 9.17) is 0 Å². The largest absolute Gasteiger partial charge is 0.325 e. The van der Waals surface area contributed by atoms with Crippen LogP contribution < -0.4 is 5.32 Å². The molecule has 2 aromatic carbocycles. The number of para-hydroxylation sites is 1. The number of anilines is 1. The van der Waals surface area contributed by atoms with Crippen LogP contribution in [-0.2, 0) is 4.79 Å². The van der Waals surface area contributed by atoms with Crippen LogP contribution in [0, 0.1) is 11.6 Å². The number of thioether (sulfide) groups is 1. The minimum absolute atomic E-state index is 0.139. The van der Waals surface area contributed by atoms with Gasteiger partial charge in [0.1, 0.15) is 0 Å². The first-order valence-corrected chi connectivity index (χ1v) is 8.46. The summed E-state index contributed by atoms with van der Waals surface area (Å²) in [6.45, 7) is 4.21. The molecule has 0 saturated carbocycles. The number of amides is 1. The molecular formula is C18H19F2NOS. The topological polar surface area (TPSA) is 29.1 Å². The highest BCUT2D eigenvalue weighted by molar-refractivity contribution is 8.00. The van der Waals surface area contributed by atoms with Crippen LogP contribution in [0.2, 0.25) is 0 Å². The van der Waals surface area contributed by atoms with E-state index >= 15 is 0 Å². The van der Waals surface area contributed by atoms with Gasteiger partial charge in [0.05, 0.1) is 5.75 Å². The van der Waals surface area contributed by atoms with Crippen molar-refractivity contribution < 1.29 is 13.6 Å². The standard InChI is InChI=1S/C18H19F2NOS/c1-3-12(2)14-6-4-5-7-17(14)21-18(22)11-23-13-8-9-15(19)16(20)10-13/h4-10,12H,3,11H2,1-2H3,(H,21,22)/t12-/m1/s1. The van der Waals surface area contributed by atoms with Crippen molar-refractivity contribution >= 4 is 23.4 Å². The lowest BCUT2D eigenvalue weighted by molar-refractivity contribution is -0.113. The fourth-order valence-corrected chi connectivity index (χ4v) is 2.88. The first kappa shape index (κ1) is 17.5. The smallest absolute Gasteiger partial charge is 0.234 e. The third-order valence-corrected chi connectivity index (χ3v) is 4.63. The number of nitrogens with one attached hydrogen (secondary N) is 1. The molecule has 2 rings (SSSR count). The zero-order valence-electron chi connectivity index (χ0n) is 13.1. The molecule has 0 heterocycles. The van der Waals surface area contributed by atoms with E-state index in [-0.39, 0.29) is 11.7 Å². The van der Waals surface area contributed by atoms with Crippen LogP contribution >= 0.6 is 11.8 Å². The normalized spacial score (nSPS) is 12.0. The summed E-state index contributed by atoms with van der Waals surface area (Å²) in [6, 6.07) is 11.3. The van der Waals surface area contributed by atoms with E-state index in [1.165, 1.54) is 17.8 Å². The Labute approximate surface area is 139 Å². The molecule has 0 radical (unpaired) electrons. The average Bonchev–Trinajstić information content (AvgIpc) is 2.55. The molecule has 1 atom stereocenters. The monoisotopic (exact) mass is 335 g/mol. The van der Waals surface area contributed by atoms with Gasteiger partial charge in [0.15, 0.2) is 11.6 Å². The molecule has 0 aliphatic carbocycles. The maximum absolute atomic E-state index is 13.1. The van der Waals surface area contributed by atoms with Crippen molar-refractivity contribution in [3.05, 3.63) is 59.7 Å². The molecular weight excluding hydrogens is 316 g/mol. The summed E-state index contributed by atoms with van der Waals surface area (Å²) < 4.78 is 26.0. The van der Waals surface area contributed by atoms with Crippen LogP contribution in [0.15, 0.2) is 47.4 Å². The lowest BCUT2D eigenvalue weighted by Crippen LogP contribution is -2.15. The Balaban J connectivity index is 1.98. The molecule has 1 N–H and O–H groups in total. The predicted octanol–water partition coefficient (Wildman–Crippen LogP) is 5.21. The number of hydrogen-bond donors (Lipinski definition) is 1. The summed E-state index contributed by atoms with van der Waals surface area (Å²) in [4.78, 5) is 12.6. The van der Waals surface area contributed by atoms with Gasteiger partial charge in [-0.2, -0.15) is 0 Å². The maximum Gasteiger partial charge on any atom is 0.234 e. The molecule has 5 heteroatoms. The molecule has 0 aliphatic heterocycles. The van der Waals surface area contributed by atoms with E-state index < -0.39 is 11.6 Å². The molecule has 0 bridgehead atoms. The minimum Gasteiger partial charge on any atom is -0.325 e. The molecule has 122 valence electrons. The number of carbonyl (C=O) groups excluding carboxylic acids is 1. The summed E-state index contributed by atoms with van der Waals surface area (Å²) in [5.41, 5.74) is 1.90. The molecule has 0 saturated heterocycles. The summed E-state index contributed by atoms with van der Waals surface area (Å²) in [6.07, 6.45) is 0.983. The first-order valence-electron chi connectivity index (χ1n) is 7.48. The van der Waals surface area contributed by atoms with E-state index in [0.29, 0.717) is 10.8 Å². The third kappa shape index (κ3) is 4.79. The number of halogens is 2. The van der Waals surface area contributed by atoms with E-state index in [1.807, 2.05) is 24.3 Å². The molecule has 2 nitrogen and oxygen atoms in total. The maximum atomic E-state index is 13.1. The predicted molar refractivity (Wildman–Crippen MR) is 90.9 cm³/mol. The first-order chi connectivity index (χ1) is 11.0. The van der Waals surface area contributed by atoms with Crippen LogP contribution in [-0.4, -0.2) is 11.7 Å². The fraction of sp³-hybridized carbons (Fsp3) is 0.278. The Morgan fingerprint density at radius 3 is 2.61 bits per heavy atom. The second-order valence-corrected chi connectivity index (χ2v) is 6.36. The Hall–Kier alpha value is -1.88. The van der Waals surface area contributed by atoms with Crippen LogP contribution in [0.25, 0.3) is 0 Å². The van der Waals surface area contributed by atoms with Gasteiger partial charge in [-0.05, 0) is 42.2 Å². The molecule has 1 amide bonds. The van der Waals surface area contributed by atoms with Gasteiger partial charge in [-0.25, -0.2) is 8.78 Å². The molecule has 0 spiro atoms. The molecule has 23 heavy (non-hydrogen) atoms. The average molecular weight is 335 g/mol. The van der Waals surface area contributed by atoms with Crippen molar-refractivity contribution in [1.29, 1.82) is 0 Å². The second-order valence-electron chi connectivity index (χ2n) is 5.31. The Morgan fingerprint density at radius 2 is 1.91 bits per heavy atom. The minimum atomic E-state index is -0.905. The van der Waals surface area contributed by atoms with Crippen molar-refractivity contribution in [2.75, 3.05) is 11.1 Å². The molecule has 0 fully saturated rings. The SMILES string of the molecule is CC[C@@H](C)c1ccccc1NC(=O)CSc1ccc(F)c(F)c1. The quantitative estimate of drug-likeness (QED) is 0.734. The van der Waals surface area contributed by atoms with E-state index in [9.17, 15) is 13.6 Å². The summed E-state index contributed by atoms with van der Waals surface area (Å²) in [5.74, 6) is -1.47.